The molecule has 1 heterocycles. The molecule has 0 saturated heterocycles. The van der Waals surface area contributed by atoms with Crippen molar-refractivity contribution in [1.82, 2.24) is 4.98 Å². The summed E-state index contributed by atoms with van der Waals surface area (Å²) in [6, 6.07) is 9.21. The highest BCUT2D eigenvalue weighted by atomic mass is 16.4. The van der Waals surface area contributed by atoms with Crippen molar-refractivity contribution < 1.29 is 9.90 Å². The van der Waals surface area contributed by atoms with Crippen LogP contribution in [0.4, 0.5) is 0 Å². The van der Waals surface area contributed by atoms with Crippen molar-refractivity contribution in [2.45, 2.75) is 6.42 Å². The van der Waals surface area contributed by atoms with Gasteiger partial charge in [0.1, 0.15) is 5.56 Å². The molecule has 4 nitrogen and oxygen atoms in total. The van der Waals surface area contributed by atoms with Crippen LogP contribution in [0.1, 0.15) is 21.6 Å². The van der Waals surface area contributed by atoms with Gasteiger partial charge in [-0.05, 0) is 17.2 Å². The molecule has 2 N–H and O–H groups in total. The second kappa shape index (κ2) is 3.31. The van der Waals surface area contributed by atoms with Crippen LogP contribution in [-0.4, -0.2) is 16.1 Å². The Morgan fingerprint density at radius 1 is 1.24 bits per heavy atom. The monoisotopic (exact) mass is 227 g/mol. The number of hydrogen-bond acceptors (Lipinski definition) is 2. The lowest BCUT2D eigenvalue weighted by Gasteiger charge is -2.01. The number of carbonyl (C=O) groups is 1. The molecule has 0 spiro atoms. The number of pyridine rings is 1. The summed E-state index contributed by atoms with van der Waals surface area (Å²) in [7, 11) is 0. The van der Waals surface area contributed by atoms with E-state index in [0.29, 0.717) is 6.42 Å². The number of fused-ring (bicyclic) bond motifs is 3. The van der Waals surface area contributed by atoms with Gasteiger partial charge >= 0.3 is 5.97 Å². The Morgan fingerprint density at radius 2 is 2.00 bits per heavy atom. The van der Waals surface area contributed by atoms with Gasteiger partial charge in [-0.25, -0.2) is 4.79 Å². The molecule has 0 bridgehead atoms. The van der Waals surface area contributed by atoms with Crippen LogP contribution < -0.4 is 5.56 Å². The molecule has 1 aromatic carbocycles. The summed E-state index contributed by atoms with van der Waals surface area (Å²) in [5, 5.41) is 8.92. The number of aromatic carboxylic acids is 1. The van der Waals surface area contributed by atoms with Crippen LogP contribution in [0.3, 0.4) is 0 Å². The smallest absolute Gasteiger partial charge is 0.341 e. The van der Waals surface area contributed by atoms with Crippen LogP contribution in [-0.2, 0) is 6.42 Å². The van der Waals surface area contributed by atoms with E-state index in [1.807, 2.05) is 24.3 Å². The number of rotatable bonds is 1. The molecule has 0 fully saturated rings. The molecule has 17 heavy (non-hydrogen) atoms. The van der Waals surface area contributed by atoms with Gasteiger partial charge in [0.25, 0.3) is 5.56 Å². The van der Waals surface area contributed by atoms with Crippen molar-refractivity contribution in [1.29, 1.82) is 0 Å². The summed E-state index contributed by atoms with van der Waals surface area (Å²) >= 11 is 0. The fourth-order valence-electron chi connectivity index (χ4n) is 2.23. The van der Waals surface area contributed by atoms with Crippen LogP contribution in [0.15, 0.2) is 35.1 Å². The minimum absolute atomic E-state index is 0.208. The lowest BCUT2D eigenvalue weighted by molar-refractivity contribution is 0.0695. The quantitative estimate of drug-likeness (QED) is 0.664. The number of nitrogens with one attached hydrogen (secondary N) is 1. The molecule has 0 amide bonds. The summed E-state index contributed by atoms with van der Waals surface area (Å²) in [6.45, 7) is 0. The second-order valence-electron chi connectivity index (χ2n) is 4.04. The fraction of sp³-hybridized carbons (Fsp3) is 0.0769. The molecular weight excluding hydrogens is 218 g/mol. The second-order valence-corrected chi connectivity index (χ2v) is 4.04. The van der Waals surface area contributed by atoms with Crippen molar-refractivity contribution in [2.75, 3.05) is 0 Å². The highest BCUT2D eigenvalue weighted by molar-refractivity contribution is 5.90. The highest BCUT2D eigenvalue weighted by Crippen LogP contribution is 2.34. The van der Waals surface area contributed by atoms with E-state index < -0.39 is 11.5 Å². The third kappa shape index (κ3) is 1.38. The van der Waals surface area contributed by atoms with E-state index in [-0.39, 0.29) is 5.56 Å². The number of benzene rings is 1. The van der Waals surface area contributed by atoms with Crippen molar-refractivity contribution in [3.05, 3.63) is 57.5 Å². The Morgan fingerprint density at radius 3 is 2.76 bits per heavy atom. The van der Waals surface area contributed by atoms with Gasteiger partial charge < -0.3 is 10.1 Å². The van der Waals surface area contributed by atoms with E-state index in [9.17, 15) is 9.59 Å². The molecule has 1 aliphatic rings. The molecule has 4 heteroatoms. The lowest BCUT2D eigenvalue weighted by atomic mass is 10.1. The minimum Gasteiger partial charge on any atom is -0.477 e. The van der Waals surface area contributed by atoms with Gasteiger partial charge in [0.15, 0.2) is 0 Å². The largest absolute Gasteiger partial charge is 0.477 e. The van der Waals surface area contributed by atoms with Gasteiger partial charge in [0.2, 0.25) is 0 Å². The average Bonchev–Trinajstić information content (AvgIpc) is 2.64. The zero-order valence-electron chi connectivity index (χ0n) is 8.86. The van der Waals surface area contributed by atoms with Crippen molar-refractivity contribution in [3.8, 4) is 11.1 Å². The van der Waals surface area contributed by atoms with Gasteiger partial charge in [0, 0.05) is 17.7 Å². The van der Waals surface area contributed by atoms with Gasteiger partial charge in [-0.3, -0.25) is 4.79 Å². The summed E-state index contributed by atoms with van der Waals surface area (Å²) < 4.78 is 0. The molecule has 0 aliphatic heterocycles. The topological polar surface area (TPSA) is 70.2 Å². The van der Waals surface area contributed by atoms with E-state index in [4.69, 9.17) is 5.11 Å². The van der Waals surface area contributed by atoms with Gasteiger partial charge in [-0.2, -0.15) is 0 Å². The molecule has 0 atom stereocenters. The standard InChI is InChI=1S/C13H9NO3/c15-12-10(13(16)17)6-9-8-4-2-1-3-7(8)5-11(9)14-12/h1-4,6H,5H2,(H,14,15)(H,16,17). The summed E-state index contributed by atoms with van der Waals surface area (Å²) in [6.07, 6.45) is 0.653. The highest BCUT2D eigenvalue weighted by Gasteiger charge is 2.21. The Balaban J connectivity index is 2.30. The third-order valence-corrected chi connectivity index (χ3v) is 3.03. The predicted molar refractivity (Wildman–Crippen MR) is 62.3 cm³/mol. The maximum Gasteiger partial charge on any atom is 0.341 e. The van der Waals surface area contributed by atoms with Crippen LogP contribution in [0.5, 0.6) is 0 Å². The van der Waals surface area contributed by atoms with Crippen LogP contribution in [0, 0.1) is 0 Å². The van der Waals surface area contributed by atoms with Crippen molar-refractivity contribution in [2.24, 2.45) is 0 Å². The van der Waals surface area contributed by atoms with E-state index in [0.717, 1.165) is 22.4 Å². The zero-order chi connectivity index (χ0) is 12.0. The SMILES string of the molecule is O=C(O)c1cc2c([nH]c1=O)Cc1ccccc1-2. The van der Waals surface area contributed by atoms with Gasteiger partial charge in [0.05, 0.1) is 0 Å². The molecule has 3 rings (SSSR count). The number of H-pyrrole nitrogens is 1. The molecular formula is C13H9NO3. The number of hydrogen-bond donors (Lipinski definition) is 2. The van der Waals surface area contributed by atoms with Gasteiger partial charge in [-0.1, -0.05) is 24.3 Å². The summed E-state index contributed by atoms with van der Waals surface area (Å²) in [4.78, 5) is 25.1. The summed E-state index contributed by atoms with van der Waals surface area (Å²) in [5.74, 6) is -1.20. The molecule has 0 radical (unpaired) electrons. The third-order valence-electron chi connectivity index (χ3n) is 3.03. The molecule has 2 aromatic rings. The number of aromatic amines is 1. The fourth-order valence-corrected chi connectivity index (χ4v) is 2.23. The molecule has 0 saturated carbocycles. The Bertz CT molecular complexity index is 685. The first-order chi connectivity index (χ1) is 8.16. The van der Waals surface area contributed by atoms with E-state index in [2.05, 4.69) is 4.98 Å². The normalized spacial score (nSPS) is 12.0. The van der Waals surface area contributed by atoms with Crippen LogP contribution in [0.25, 0.3) is 11.1 Å². The first-order valence-electron chi connectivity index (χ1n) is 5.24. The Labute approximate surface area is 96.5 Å². The average molecular weight is 227 g/mol. The molecule has 1 aromatic heterocycles. The number of carboxylic acid groups (broad SMARTS) is 1. The molecule has 84 valence electrons. The first-order valence-corrected chi connectivity index (χ1v) is 5.24. The van der Waals surface area contributed by atoms with Gasteiger partial charge in [-0.15, -0.1) is 0 Å². The van der Waals surface area contributed by atoms with Crippen LogP contribution >= 0.6 is 0 Å². The maximum absolute atomic E-state index is 11.5. The Hall–Kier alpha value is -2.36. The number of aromatic nitrogens is 1. The van der Waals surface area contributed by atoms with E-state index in [1.165, 1.54) is 6.07 Å². The predicted octanol–water partition coefficient (Wildman–Crippen LogP) is 1.64. The zero-order valence-corrected chi connectivity index (χ0v) is 8.86. The Kier molecular flexibility index (Phi) is 1.92. The minimum atomic E-state index is -1.20. The van der Waals surface area contributed by atoms with E-state index in [1.54, 1.807) is 0 Å². The van der Waals surface area contributed by atoms with Crippen molar-refractivity contribution >= 4 is 5.97 Å². The summed E-state index contributed by atoms with van der Waals surface area (Å²) in [5.41, 5.74) is 2.98. The molecule has 1 aliphatic carbocycles. The number of carboxylic acids is 1. The van der Waals surface area contributed by atoms with Crippen LogP contribution in [0.2, 0.25) is 0 Å². The van der Waals surface area contributed by atoms with Crippen molar-refractivity contribution in [3.63, 3.8) is 0 Å². The lowest BCUT2D eigenvalue weighted by Crippen LogP contribution is -2.18. The molecule has 0 unspecified atom stereocenters. The van der Waals surface area contributed by atoms with E-state index >= 15 is 0 Å². The first kappa shape index (κ1) is 9.84. The maximum atomic E-state index is 11.5.